The Morgan fingerprint density at radius 2 is 2.16 bits per heavy atom. The van der Waals surface area contributed by atoms with Gasteiger partial charge in [-0.2, -0.15) is 0 Å². The van der Waals surface area contributed by atoms with Crippen LogP contribution in [0, 0.1) is 6.92 Å². The van der Waals surface area contributed by atoms with E-state index in [1.165, 1.54) is 16.1 Å². The largest absolute Gasteiger partial charge is 0.310 e. The number of aryl methyl sites for hydroxylation is 2. The molecule has 0 bridgehead atoms. The fraction of sp³-hybridized carbons (Fsp3) is 0.438. The third kappa shape index (κ3) is 3.88. The maximum atomic E-state index is 4.58. The third-order valence-electron chi connectivity index (χ3n) is 3.26. The van der Waals surface area contributed by atoms with Crippen LogP contribution in [0.15, 0.2) is 29.6 Å². The monoisotopic (exact) mass is 274 g/mol. The molecule has 1 aromatic carbocycles. The zero-order valence-electron chi connectivity index (χ0n) is 11.9. The maximum Gasteiger partial charge on any atom is 0.0947 e. The van der Waals surface area contributed by atoms with Crippen LogP contribution in [0.25, 0.3) is 0 Å². The van der Waals surface area contributed by atoms with Gasteiger partial charge in [0.2, 0.25) is 0 Å². The van der Waals surface area contributed by atoms with E-state index in [2.05, 4.69) is 60.7 Å². The molecule has 0 aliphatic rings. The molecule has 0 spiro atoms. The van der Waals surface area contributed by atoms with Crippen LogP contribution < -0.4 is 5.32 Å². The molecular formula is C16H22N2S. The van der Waals surface area contributed by atoms with Gasteiger partial charge >= 0.3 is 0 Å². The first-order valence-electron chi connectivity index (χ1n) is 6.96. The van der Waals surface area contributed by atoms with Crippen LogP contribution in [0.5, 0.6) is 0 Å². The van der Waals surface area contributed by atoms with Gasteiger partial charge in [-0.1, -0.05) is 38.1 Å². The summed E-state index contributed by atoms with van der Waals surface area (Å²) in [5.74, 6) is 0. The molecule has 3 heteroatoms. The van der Waals surface area contributed by atoms with Gasteiger partial charge in [-0.3, -0.25) is 0 Å². The van der Waals surface area contributed by atoms with E-state index < -0.39 is 0 Å². The lowest BCUT2D eigenvalue weighted by Crippen LogP contribution is -2.23. The summed E-state index contributed by atoms with van der Waals surface area (Å²) in [6.07, 6.45) is 2.06. The van der Waals surface area contributed by atoms with E-state index in [9.17, 15) is 0 Å². The zero-order valence-corrected chi connectivity index (χ0v) is 12.8. The number of rotatable bonds is 6. The number of nitrogens with one attached hydrogen (secondary N) is 1. The minimum absolute atomic E-state index is 0.363. The topological polar surface area (TPSA) is 24.9 Å². The molecule has 0 saturated heterocycles. The number of benzene rings is 1. The fourth-order valence-corrected chi connectivity index (χ4v) is 3.07. The van der Waals surface area contributed by atoms with Crippen molar-refractivity contribution >= 4 is 11.3 Å². The number of nitrogens with zero attached hydrogens (tertiary/aromatic N) is 1. The standard InChI is InChI=1S/C16H22N2S/c1-4-13-7-6-8-14(9-13)15(17-5-2)10-16-18-12(3)11-19-16/h6-9,11,15,17H,4-5,10H2,1-3H3. The van der Waals surface area contributed by atoms with Crippen LogP contribution in [-0.4, -0.2) is 11.5 Å². The van der Waals surface area contributed by atoms with Gasteiger partial charge in [0.25, 0.3) is 0 Å². The van der Waals surface area contributed by atoms with Crippen LogP contribution in [0.2, 0.25) is 0 Å². The molecule has 1 aromatic heterocycles. The van der Waals surface area contributed by atoms with Gasteiger partial charge in [-0.25, -0.2) is 4.98 Å². The Kier molecular flexibility index (Phi) is 5.11. The first-order chi connectivity index (χ1) is 9.22. The molecule has 102 valence electrons. The number of aromatic nitrogens is 1. The second-order valence-corrected chi connectivity index (χ2v) is 5.74. The summed E-state index contributed by atoms with van der Waals surface area (Å²) in [6.45, 7) is 7.39. The molecule has 19 heavy (non-hydrogen) atoms. The highest BCUT2D eigenvalue weighted by atomic mass is 32.1. The van der Waals surface area contributed by atoms with Crippen molar-refractivity contribution in [3.8, 4) is 0 Å². The van der Waals surface area contributed by atoms with Gasteiger partial charge in [0, 0.05) is 23.5 Å². The van der Waals surface area contributed by atoms with Crippen molar-refractivity contribution in [2.75, 3.05) is 6.54 Å². The average molecular weight is 274 g/mol. The molecule has 0 saturated carbocycles. The summed E-state index contributed by atoms with van der Waals surface area (Å²) in [7, 11) is 0. The fourth-order valence-electron chi connectivity index (χ4n) is 2.26. The molecule has 2 aromatic rings. The van der Waals surface area contributed by atoms with Crippen LogP contribution in [0.4, 0.5) is 0 Å². The minimum Gasteiger partial charge on any atom is -0.310 e. The molecule has 0 radical (unpaired) electrons. The van der Waals surface area contributed by atoms with Crippen molar-refractivity contribution in [2.45, 2.75) is 39.7 Å². The lowest BCUT2D eigenvalue weighted by molar-refractivity contribution is 0.548. The van der Waals surface area contributed by atoms with E-state index in [0.717, 1.165) is 25.1 Å². The van der Waals surface area contributed by atoms with Crippen molar-refractivity contribution in [2.24, 2.45) is 0 Å². The van der Waals surface area contributed by atoms with Crippen LogP contribution in [-0.2, 0) is 12.8 Å². The predicted molar refractivity (Wildman–Crippen MR) is 82.8 cm³/mol. The molecule has 2 rings (SSSR count). The van der Waals surface area contributed by atoms with Crippen molar-refractivity contribution in [1.29, 1.82) is 0 Å². The van der Waals surface area contributed by atoms with Gasteiger partial charge < -0.3 is 5.32 Å². The lowest BCUT2D eigenvalue weighted by atomic mass is 10.0. The molecule has 2 nitrogen and oxygen atoms in total. The first kappa shape index (κ1) is 14.2. The number of likely N-dealkylation sites (N-methyl/N-ethyl adjacent to an activating group) is 1. The highest BCUT2D eigenvalue weighted by molar-refractivity contribution is 7.09. The Labute approximate surface area is 119 Å². The Bertz CT molecular complexity index is 519. The summed E-state index contributed by atoms with van der Waals surface area (Å²) in [4.78, 5) is 4.58. The lowest BCUT2D eigenvalue weighted by Gasteiger charge is -2.18. The zero-order chi connectivity index (χ0) is 13.7. The molecule has 0 fully saturated rings. The second kappa shape index (κ2) is 6.83. The maximum absolute atomic E-state index is 4.58. The van der Waals surface area contributed by atoms with Gasteiger partial charge in [0.1, 0.15) is 0 Å². The van der Waals surface area contributed by atoms with Crippen LogP contribution >= 0.6 is 11.3 Å². The van der Waals surface area contributed by atoms with E-state index in [1.807, 2.05) is 0 Å². The second-order valence-electron chi connectivity index (χ2n) is 4.80. The molecule has 1 N–H and O–H groups in total. The quantitative estimate of drug-likeness (QED) is 0.864. The highest BCUT2D eigenvalue weighted by Gasteiger charge is 2.13. The van der Waals surface area contributed by atoms with Gasteiger partial charge in [-0.15, -0.1) is 11.3 Å². The molecule has 0 aliphatic heterocycles. The number of hydrogen-bond acceptors (Lipinski definition) is 3. The van der Waals surface area contributed by atoms with Gasteiger partial charge in [0.15, 0.2) is 0 Å². The number of thiazole rings is 1. The SMILES string of the molecule is CCNC(Cc1nc(C)cs1)c1cccc(CC)c1. The van der Waals surface area contributed by atoms with Crippen molar-refractivity contribution in [3.05, 3.63) is 51.5 Å². The third-order valence-corrected chi connectivity index (χ3v) is 4.25. The summed E-state index contributed by atoms with van der Waals surface area (Å²) >= 11 is 1.76. The normalized spacial score (nSPS) is 12.6. The molecule has 1 unspecified atom stereocenters. The number of hydrogen-bond donors (Lipinski definition) is 1. The molecule has 1 atom stereocenters. The Hall–Kier alpha value is -1.19. The first-order valence-corrected chi connectivity index (χ1v) is 7.84. The van der Waals surface area contributed by atoms with E-state index in [4.69, 9.17) is 0 Å². The molecule has 1 heterocycles. The van der Waals surface area contributed by atoms with E-state index in [0.29, 0.717) is 6.04 Å². The van der Waals surface area contributed by atoms with E-state index in [-0.39, 0.29) is 0 Å². The smallest absolute Gasteiger partial charge is 0.0947 e. The molecule has 0 aliphatic carbocycles. The van der Waals surface area contributed by atoms with Crippen LogP contribution in [0.3, 0.4) is 0 Å². The van der Waals surface area contributed by atoms with Crippen molar-refractivity contribution < 1.29 is 0 Å². The van der Waals surface area contributed by atoms with E-state index >= 15 is 0 Å². The summed E-state index contributed by atoms with van der Waals surface area (Å²) in [5.41, 5.74) is 3.89. The Balaban J connectivity index is 2.18. The Morgan fingerprint density at radius 3 is 2.79 bits per heavy atom. The highest BCUT2D eigenvalue weighted by Crippen LogP contribution is 2.21. The average Bonchev–Trinajstić information content (AvgIpc) is 2.84. The Morgan fingerprint density at radius 1 is 1.32 bits per heavy atom. The predicted octanol–water partition coefficient (Wildman–Crippen LogP) is 3.91. The van der Waals surface area contributed by atoms with Crippen molar-refractivity contribution in [3.63, 3.8) is 0 Å². The van der Waals surface area contributed by atoms with Gasteiger partial charge in [-0.05, 0) is 31.0 Å². The van der Waals surface area contributed by atoms with Gasteiger partial charge in [0.05, 0.1) is 5.01 Å². The minimum atomic E-state index is 0.363. The molecular weight excluding hydrogens is 252 g/mol. The van der Waals surface area contributed by atoms with Crippen LogP contribution in [0.1, 0.15) is 41.7 Å². The summed E-state index contributed by atoms with van der Waals surface area (Å²) in [5, 5.41) is 6.91. The summed E-state index contributed by atoms with van der Waals surface area (Å²) < 4.78 is 0. The molecule has 0 amide bonds. The van der Waals surface area contributed by atoms with Crippen molar-refractivity contribution in [1.82, 2.24) is 10.3 Å². The summed E-state index contributed by atoms with van der Waals surface area (Å²) in [6, 6.07) is 9.24. The van der Waals surface area contributed by atoms with E-state index in [1.54, 1.807) is 11.3 Å².